The molecule has 0 saturated carbocycles. The largest absolute Gasteiger partial charge is 0.430 e. The van der Waals surface area contributed by atoms with Crippen LogP contribution < -0.4 is 10.3 Å². The van der Waals surface area contributed by atoms with E-state index in [1.165, 1.54) is 0 Å². The molecule has 0 saturated heterocycles. The van der Waals surface area contributed by atoms with Crippen LogP contribution >= 0.6 is 0 Å². The van der Waals surface area contributed by atoms with Gasteiger partial charge in [0.2, 0.25) is 0 Å². The molecule has 1 aliphatic rings. The molecule has 1 aliphatic heterocycles. The fourth-order valence-electron chi connectivity index (χ4n) is 1.63. The number of fused-ring (bicyclic) bond motifs is 1. The molecule has 2 rings (SSSR count). The van der Waals surface area contributed by atoms with Crippen LogP contribution in [0.1, 0.15) is 31.4 Å². The summed E-state index contributed by atoms with van der Waals surface area (Å²) in [5, 5.41) is 2.59. The summed E-state index contributed by atoms with van der Waals surface area (Å²) < 4.78 is 6.47. The number of nitrogens with zero attached hydrogens (tertiary/aromatic N) is 1. The minimum atomic E-state index is -0.211. The van der Waals surface area contributed by atoms with Crippen LogP contribution in [0.25, 0.3) is 0 Å². The molecule has 1 unspecified atom stereocenters. The minimum absolute atomic E-state index is 0.211. The number of aryl methyl sites for hydroxylation is 1. The van der Waals surface area contributed by atoms with Gasteiger partial charge in [-0.15, -0.1) is 0 Å². The first-order chi connectivity index (χ1) is 5.29. The highest BCUT2D eigenvalue weighted by Crippen LogP contribution is 2.17. The molecule has 11 heavy (non-hydrogen) atoms. The third-order valence-electron chi connectivity index (χ3n) is 2.23. The Morgan fingerprint density at radius 1 is 1.73 bits per heavy atom. The van der Waals surface area contributed by atoms with Gasteiger partial charge in [-0.25, -0.2) is 4.79 Å². The molecule has 4 nitrogen and oxygen atoms in total. The molecule has 0 aromatic carbocycles. The predicted molar refractivity (Wildman–Crippen MR) is 37.2 cm³/mol. The Hall–Kier alpha value is -1.06. The maximum absolute atomic E-state index is 11.1. The van der Waals surface area contributed by atoms with E-state index in [9.17, 15) is 4.79 Å². The second-order valence-electron chi connectivity index (χ2n) is 3.06. The van der Waals surface area contributed by atoms with E-state index < -0.39 is 0 Å². The smallest absolute Gasteiger partial charge is 0.283 e. The van der Waals surface area contributed by atoms with Crippen LogP contribution in [0.3, 0.4) is 0 Å². The van der Waals surface area contributed by atoms with E-state index in [2.05, 4.69) is 16.7 Å². The molecule has 0 spiro atoms. The van der Waals surface area contributed by atoms with Gasteiger partial charge >= 0.3 is 5.63 Å². The Labute approximate surface area is 63.8 Å². The Kier molecular flexibility index (Phi) is 1.34. The summed E-state index contributed by atoms with van der Waals surface area (Å²) in [5.74, 6) is 0.339. The third-order valence-corrected chi connectivity index (χ3v) is 2.23. The van der Waals surface area contributed by atoms with Crippen LogP contribution in [0.2, 0.25) is 0 Å². The summed E-state index contributed by atoms with van der Waals surface area (Å²) in [7, 11) is 0. The van der Waals surface area contributed by atoms with Crippen molar-refractivity contribution >= 4 is 0 Å². The van der Waals surface area contributed by atoms with Crippen molar-refractivity contribution in [3.63, 3.8) is 0 Å². The molecule has 1 atom stereocenters. The number of hydrogen-bond donors (Lipinski definition) is 1. The Morgan fingerprint density at radius 3 is 3.27 bits per heavy atom. The van der Waals surface area contributed by atoms with Crippen molar-refractivity contribution in [3.05, 3.63) is 16.1 Å². The summed E-state index contributed by atoms with van der Waals surface area (Å²) in [6.07, 6.45) is 2.21. The molecule has 0 bridgehead atoms. The number of aromatic nitrogens is 2. The van der Waals surface area contributed by atoms with Crippen molar-refractivity contribution in [2.45, 2.75) is 32.2 Å². The monoisotopic (exact) mass is 155 g/mol. The summed E-state index contributed by atoms with van der Waals surface area (Å²) in [5.41, 5.74) is 0.577. The zero-order valence-electron chi connectivity index (χ0n) is 6.46. The van der Waals surface area contributed by atoms with Crippen molar-refractivity contribution in [1.82, 2.24) is 5.27 Å². The SMILES string of the molecule is CC1CCC[n+]2[nH]oc(=O)c21. The van der Waals surface area contributed by atoms with Crippen molar-refractivity contribution in [1.29, 1.82) is 0 Å². The maximum Gasteiger partial charge on any atom is 0.430 e. The second-order valence-corrected chi connectivity index (χ2v) is 3.06. The fourth-order valence-corrected chi connectivity index (χ4v) is 1.63. The van der Waals surface area contributed by atoms with E-state index in [0.29, 0.717) is 5.92 Å². The number of rotatable bonds is 0. The molecule has 1 aromatic heterocycles. The fraction of sp³-hybridized carbons (Fsp3) is 0.714. The van der Waals surface area contributed by atoms with Crippen LogP contribution in [-0.4, -0.2) is 5.27 Å². The lowest BCUT2D eigenvalue weighted by atomic mass is 9.99. The molecule has 1 aromatic rings. The maximum atomic E-state index is 11.1. The summed E-state index contributed by atoms with van der Waals surface area (Å²) >= 11 is 0. The molecule has 1 N–H and O–H groups in total. The van der Waals surface area contributed by atoms with E-state index in [1.54, 1.807) is 4.68 Å². The Morgan fingerprint density at radius 2 is 2.55 bits per heavy atom. The van der Waals surface area contributed by atoms with Crippen LogP contribution in [0.15, 0.2) is 9.32 Å². The summed E-state index contributed by atoms with van der Waals surface area (Å²) in [4.78, 5) is 11.1. The zero-order chi connectivity index (χ0) is 7.84. The lowest BCUT2D eigenvalue weighted by molar-refractivity contribution is -0.773. The van der Waals surface area contributed by atoms with Crippen molar-refractivity contribution in [2.75, 3.05) is 0 Å². The van der Waals surface area contributed by atoms with E-state index in [0.717, 1.165) is 25.1 Å². The molecule has 2 heterocycles. The molecule has 0 aliphatic carbocycles. The molecule has 0 amide bonds. The molecular weight excluding hydrogens is 144 g/mol. The highest BCUT2D eigenvalue weighted by molar-refractivity contribution is 4.93. The average molecular weight is 155 g/mol. The summed E-state index contributed by atoms with van der Waals surface area (Å²) in [6, 6.07) is 0. The van der Waals surface area contributed by atoms with Crippen LogP contribution in [0.4, 0.5) is 0 Å². The average Bonchev–Trinajstić information content (AvgIpc) is 2.34. The van der Waals surface area contributed by atoms with Gasteiger partial charge in [0.1, 0.15) is 0 Å². The Balaban J connectivity index is 2.56. The van der Waals surface area contributed by atoms with Gasteiger partial charge in [0.15, 0.2) is 6.54 Å². The van der Waals surface area contributed by atoms with Gasteiger partial charge in [-0.05, 0) is 11.7 Å². The van der Waals surface area contributed by atoms with Gasteiger partial charge < -0.3 is 0 Å². The highest BCUT2D eigenvalue weighted by atomic mass is 16.5. The molecular formula is C7H11N2O2+. The molecule has 0 radical (unpaired) electrons. The topological polar surface area (TPSA) is 49.9 Å². The van der Waals surface area contributed by atoms with Gasteiger partial charge in [-0.1, -0.05) is 11.6 Å². The molecule has 60 valence electrons. The number of H-pyrrole nitrogens is 1. The first-order valence-corrected chi connectivity index (χ1v) is 3.90. The molecule has 0 fully saturated rings. The van der Waals surface area contributed by atoms with Crippen molar-refractivity contribution in [3.8, 4) is 0 Å². The summed E-state index contributed by atoms with van der Waals surface area (Å²) in [6.45, 7) is 2.93. The van der Waals surface area contributed by atoms with E-state index in [-0.39, 0.29) is 5.63 Å². The van der Waals surface area contributed by atoms with Crippen LogP contribution in [0, 0.1) is 0 Å². The number of nitrogens with one attached hydrogen (secondary N) is 1. The van der Waals surface area contributed by atoms with Crippen molar-refractivity contribution < 1.29 is 9.20 Å². The van der Waals surface area contributed by atoms with E-state index in [1.807, 2.05) is 0 Å². The lowest BCUT2D eigenvalue weighted by Gasteiger charge is -2.08. The standard InChI is InChI=1S/C7H10N2O2/c1-5-3-2-4-9-6(5)7(10)11-8-9/h5H,2-4H2,1H3/p+1. The predicted octanol–water partition coefficient (Wildman–Crippen LogP) is 0.153. The van der Waals surface area contributed by atoms with Crippen LogP contribution in [0.5, 0.6) is 0 Å². The van der Waals surface area contributed by atoms with Gasteiger partial charge in [-0.3, -0.25) is 4.52 Å². The number of aromatic amines is 1. The van der Waals surface area contributed by atoms with Crippen LogP contribution in [-0.2, 0) is 6.54 Å². The molecule has 4 heteroatoms. The Bertz CT molecular complexity index is 312. The lowest BCUT2D eigenvalue weighted by Crippen LogP contribution is -2.45. The first-order valence-electron chi connectivity index (χ1n) is 3.90. The number of hydrogen-bond acceptors (Lipinski definition) is 2. The van der Waals surface area contributed by atoms with Gasteiger partial charge in [0, 0.05) is 6.42 Å². The normalized spacial score (nSPS) is 23.2. The van der Waals surface area contributed by atoms with Crippen molar-refractivity contribution in [2.24, 2.45) is 0 Å². The van der Waals surface area contributed by atoms with Gasteiger partial charge in [0.25, 0.3) is 5.69 Å². The highest BCUT2D eigenvalue weighted by Gasteiger charge is 2.30. The third kappa shape index (κ3) is 0.895. The van der Waals surface area contributed by atoms with Gasteiger partial charge in [-0.2, -0.15) is 0 Å². The van der Waals surface area contributed by atoms with E-state index in [4.69, 9.17) is 0 Å². The minimum Gasteiger partial charge on any atom is -0.283 e. The first kappa shape index (κ1) is 6.64. The van der Waals surface area contributed by atoms with E-state index >= 15 is 0 Å². The second kappa shape index (κ2) is 2.22. The van der Waals surface area contributed by atoms with Gasteiger partial charge in [0.05, 0.1) is 5.92 Å². The zero-order valence-corrected chi connectivity index (χ0v) is 6.46. The quantitative estimate of drug-likeness (QED) is 0.542.